The smallest absolute Gasteiger partial charge is 0.220 e. The molecule has 1 aromatic carbocycles. The molecule has 0 radical (unpaired) electrons. The van der Waals surface area contributed by atoms with Crippen molar-refractivity contribution in [2.75, 3.05) is 13.1 Å². The molecule has 0 bridgehead atoms. The lowest BCUT2D eigenvalue weighted by Crippen LogP contribution is -2.32. The van der Waals surface area contributed by atoms with Gasteiger partial charge in [-0.15, -0.1) is 0 Å². The third-order valence-corrected chi connectivity index (χ3v) is 3.76. The highest BCUT2D eigenvalue weighted by molar-refractivity contribution is 6.30. The second-order valence-electron chi connectivity index (χ2n) is 4.96. The SMILES string of the molecule is NCCCC(=O)NCC1(c2cccc(Cl)c2)CC1. The Morgan fingerprint density at radius 2 is 2.22 bits per heavy atom. The molecule has 1 aromatic rings. The highest BCUT2D eigenvalue weighted by Gasteiger charge is 2.44. The maximum Gasteiger partial charge on any atom is 0.220 e. The van der Waals surface area contributed by atoms with Crippen molar-refractivity contribution in [2.24, 2.45) is 5.73 Å². The van der Waals surface area contributed by atoms with Crippen molar-refractivity contribution >= 4 is 17.5 Å². The standard InChI is InChI=1S/C14H19ClN2O/c15-12-4-1-3-11(9-12)14(6-7-14)10-17-13(18)5-2-8-16/h1,3-4,9H,2,5-8,10,16H2,(H,17,18). The monoisotopic (exact) mass is 266 g/mol. The van der Waals surface area contributed by atoms with Gasteiger partial charge in [0.15, 0.2) is 0 Å². The molecule has 0 saturated heterocycles. The zero-order valence-corrected chi connectivity index (χ0v) is 11.2. The van der Waals surface area contributed by atoms with Gasteiger partial charge in [-0.3, -0.25) is 4.79 Å². The summed E-state index contributed by atoms with van der Waals surface area (Å²) in [5.74, 6) is 0.0914. The summed E-state index contributed by atoms with van der Waals surface area (Å²) in [7, 11) is 0. The van der Waals surface area contributed by atoms with Gasteiger partial charge in [0.05, 0.1) is 0 Å². The zero-order valence-electron chi connectivity index (χ0n) is 10.4. The average molecular weight is 267 g/mol. The van der Waals surface area contributed by atoms with Crippen LogP contribution < -0.4 is 11.1 Å². The number of carbonyl (C=O) groups is 1. The number of amides is 1. The van der Waals surface area contributed by atoms with Crippen molar-refractivity contribution in [3.05, 3.63) is 34.9 Å². The van der Waals surface area contributed by atoms with Crippen LogP contribution in [0.4, 0.5) is 0 Å². The quantitative estimate of drug-likeness (QED) is 0.830. The van der Waals surface area contributed by atoms with Crippen molar-refractivity contribution in [2.45, 2.75) is 31.1 Å². The first kappa shape index (κ1) is 13.4. The molecule has 0 aliphatic heterocycles. The van der Waals surface area contributed by atoms with Crippen LogP contribution in [0.2, 0.25) is 5.02 Å². The van der Waals surface area contributed by atoms with Gasteiger partial charge in [-0.25, -0.2) is 0 Å². The van der Waals surface area contributed by atoms with E-state index in [1.807, 2.05) is 18.2 Å². The fraction of sp³-hybridized carbons (Fsp3) is 0.500. The Hall–Kier alpha value is -1.06. The van der Waals surface area contributed by atoms with E-state index in [-0.39, 0.29) is 11.3 Å². The van der Waals surface area contributed by atoms with Crippen molar-refractivity contribution < 1.29 is 4.79 Å². The second-order valence-corrected chi connectivity index (χ2v) is 5.40. The van der Waals surface area contributed by atoms with E-state index in [9.17, 15) is 4.79 Å². The molecule has 4 heteroatoms. The lowest BCUT2D eigenvalue weighted by atomic mass is 9.96. The number of hydrogen-bond donors (Lipinski definition) is 2. The fourth-order valence-electron chi connectivity index (χ4n) is 2.16. The number of halogens is 1. The first-order valence-corrected chi connectivity index (χ1v) is 6.77. The van der Waals surface area contributed by atoms with Gasteiger partial charge in [-0.1, -0.05) is 23.7 Å². The minimum absolute atomic E-state index is 0.0914. The first-order chi connectivity index (χ1) is 8.66. The van der Waals surface area contributed by atoms with E-state index in [2.05, 4.69) is 11.4 Å². The fourth-order valence-corrected chi connectivity index (χ4v) is 2.35. The normalized spacial score (nSPS) is 16.3. The molecule has 0 unspecified atom stereocenters. The molecule has 98 valence electrons. The molecule has 1 amide bonds. The summed E-state index contributed by atoms with van der Waals surface area (Å²) in [4.78, 5) is 11.6. The van der Waals surface area contributed by atoms with E-state index in [0.717, 1.165) is 24.3 Å². The summed E-state index contributed by atoms with van der Waals surface area (Å²) < 4.78 is 0. The zero-order chi connectivity index (χ0) is 13.0. The molecule has 0 aromatic heterocycles. The van der Waals surface area contributed by atoms with E-state index >= 15 is 0 Å². The van der Waals surface area contributed by atoms with Crippen molar-refractivity contribution in [1.29, 1.82) is 0 Å². The number of hydrogen-bond acceptors (Lipinski definition) is 2. The summed E-state index contributed by atoms with van der Waals surface area (Å²) in [6.45, 7) is 1.27. The predicted molar refractivity (Wildman–Crippen MR) is 73.7 cm³/mol. The average Bonchev–Trinajstić information content (AvgIpc) is 3.15. The largest absolute Gasteiger partial charge is 0.355 e. The van der Waals surface area contributed by atoms with Gasteiger partial charge in [0, 0.05) is 23.4 Å². The molecule has 1 aliphatic carbocycles. The van der Waals surface area contributed by atoms with Gasteiger partial charge in [0.1, 0.15) is 0 Å². The number of rotatable bonds is 6. The summed E-state index contributed by atoms with van der Waals surface area (Å²) in [6, 6.07) is 7.93. The lowest BCUT2D eigenvalue weighted by Gasteiger charge is -2.17. The molecule has 3 N–H and O–H groups in total. The third-order valence-electron chi connectivity index (χ3n) is 3.52. The molecule has 1 aliphatic rings. The Morgan fingerprint density at radius 3 is 2.83 bits per heavy atom. The van der Waals surface area contributed by atoms with Crippen LogP contribution in [0.1, 0.15) is 31.2 Å². The van der Waals surface area contributed by atoms with Crippen molar-refractivity contribution in [3.8, 4) is 0 Å². The number of benzene rings is 1. The number of nitrogens with two attached hydrogens (primary N) is 1. The summed E-state index contributed by atoms with van der Waals surface area (Å²) in [5, 5.41) is 3.76. The van der Waals surface area contributed by atoms with Crippen LogP contribution in [0.25, 0.3) is 0 Å². The molecule has 1 fully saturated rings. The van der Waals surface area contributed by atoms with Gasteiger partial charge >= 0.3 is 0 Å². The lowest BCUT2D eigenvalue weighted by molar-refractivity contribution is -0.121. The Balaban J connectivity index is 1.91. The van der Waals surface area contributed by atoms with Crippen LogP contribution in [-0.2, 0) is 10.2 Å². The highest BCUT2D eigenvalue weighted by Crippen LogP contribution is 2.48. The van der Waals surface area contributed by atoms with Crippen LogP contribution in [0.3, 0.4) is 0 Å². The summed E-state index contributed by atoms with van der Waals surface area (Å²) >= 11 is 6.01. The Kier molecular flexibility index (Phi) is 4.25. The summed E-state index contributed by atoms with van der Waals surface area (Å²) in [5.41, 5.74) is 6.73. The molecular weight excluding hydrogens is 248 g/mol. The van der Waals surface area contributed by atoms with Crippen LogP contribution >= 0.6 is 11.6 Å². The minimum Gasteiger partial charge on any atom is -0.355 e. The topological polar surface area (TPSA) is 55.1 Å². The molecule has 0 spiro atoms. The predicted octanol–water partition coefficient (Wildman–Crippen LogP) is 2.23. The molecule has 0 atom stereocenters. The Morgan fingerprint density at radius 1 is 1.44 bits per heavy atom. The minimum atomic E-state index is 0.0914. The maximum absolute atomic E-state index is 11.6. The summed E-state index contributed by atoms with van der Waals surface area (Å²) in [6.07, 6.45) is 3.49. The Bertz CT molecular complexity index is 430. The second kappa shape index (κ2) is 5.72. The van der Waals surface area contributed by atoms with Crippen LogP contribution in [0.5, 0.6) is 0 Å². The maximum atomic E-state index is 11.6. The van der Waals surface area contributed by atoms with Crippen molar-refractivity contribution in [3.63, 3.8) is 0 Å². The van der Waals surface area contributed by atoms with Gasteiger partial charge in [0.25, 0.3) is 0 Å². The Labute approximate surface area is 113 Å². The van der Waals surface area contributed by atoms with E-state index < -0.39 is 0 Å². The molecule has 18 heavy (non-hydrogen) atoms. The van der Waals surface area contributed by atoms with Gasteiger partial charge in [0.2, 0.25) is 5.91 Å². The molecule has 1 saturated carbocycles. The van der Waals surface area contributed by atoms with Crippen LogP contribution in [-0.4, -0.2) is 19.0 Å². The van der Waals surface area contributed by atoms with Gasteiger partial charge in [-0.05, 0) is 43.5 Å². The van der Waals surface area contributed by atoms with Crippen LogP contribution in [0, 0.1) is 0 Å². The van der Waals surface area contributed by atoms with E-state index in [1.165, 1.54) is 5.56 Å². The third kappa shape index (κ3) is 3.24. The molecule has 0 heterocycles. The molecule has 2 rings (SSSR count). The molecule has 3 nitrogen and oxygen atoms in total. The van der Waals surface area contributed by atoms with Crippen molar-refractivity contribution in [1.82, 2.24) is 5.32 Å². The highest BCUT2D eigenvalue weighted by atomic mass is 35.5. The van der Waals surface area contributed by atoms with Gasteiger partial charge < -0.3 is 11.1 Å². The number of nitrogens with one attached hydrogen (secondary N) is 1. The first-order valence-electron chi connectivity index (χ1n) is 6.39. The van der Waals surface area contributed by atoms with Gasteiger partial charge in [-0.2, -0.15) is 0 Å². The molecular formula is C14H19ClN2O. The van der Waals surface area contributed by atoms with Crippen LogP contribution in [0.15, 0.2) is 24.3 Å². The number of carbonyl (C=O) groups excluding carboxylic acids is 1. The van der Waals surface area contributed by atoms with E-state index in [1.54, 1.807) is 0 Å². The van der Waals surface area contributed by atoms with E-state index in [0.29, 0.717) is 19.5 Å². The van der Waals surface area contributed by atoms with E-state index in [4.69, 9.17) is 17.3 Å².